The molecule has 4 rings (SSSR count). The predicted octanol–water partition coefficient (Wildman–Crippen LogP) is 2.73. The summed E-state index contributed by atoms with van der Waals surface area (Å²) in [6.45, 7) is 2.23. The summed E-state index contributed by atoms with van der Waals surface area (Å²) in [5, 5.41) is 3.03. The summed E-state index contributed by atoms with van der Waals surface area (Å²) < 4.78 is 5.29. The molecule has 0 aliphatic carbocycles. The van der Waals surface area contributed by atoms with Gasteiger partial charge in [0, 0.05) is 26.1 Å². The molecule has 0 radical (unpaired) electrons. The Kier molecular flexibility index (Phi) is 4.41. The molecular formula is C19H22N4O2. The first-order chi connectivity index (χ1) is 12.3. The topological polar surface area (TPSA) is 74.2 Å². The number of furan rings is 1. The van der Waals surface area contributed by atoms with Crippen LogP contribution in [-0.4, -0.2) is 35.5 Å². The minimum atomic E-state index is -0.00133. The van der Waals surface area contributed by atoms with Crippen LogP contribution in [0.4, 0.5) is 5.95 Å². The molecule has 1 atom stereocenters. The van der Waals surface area contributed by atoms with Crippen molar-refractivity contribution in [1.82, 2.24) is 15.3 Å². The molecule has 130 valence electrons. The third-order valence-electron chi connectivity index (χ3n) is 4.72. The van der Waals surface area contributed by atoms with Crippen molar-refractivity contribution in [2.75, 3.05) is 24.5 Å². The summed E-state index contributed by atoms with van der Waals surface area (Å²) >= 11 is 0. The van der Waals surface area contributed by atoms with Gasteiger partial charge in [0.2, 0.25) is 11.9 Å². The summed E-state index contributed by atoms with van der Waals surface area (Å²) in [5.74, 6) is 1.87. The molecule has 1 amide bonds. The molecular weight excluding hydrogens is 316 g/mol. The highest BCUT2D eigenvalue weighted by molar-refractivity contribution is 5.80. The van der Waals surface area contributed by atoms with Crippen LogP contribution >= 0.6 is 0 Å². The first-order valence-electron chi connectivity index (χ1n) is 8.79. The predicted molar refractivity (Wildman–Crippen MR) is 96.5 cm³/mol. The van der Waals surface area contributed by atoms with E-state index in [2.05, 4.69) is 20.2 Å². The number of nitrogens with one attached hydrogen (secondary N) is 2. The zero-order valence-electron chi connectivity index (χ0n) is 14.1. The Labute approximate surface area is 146 Å². The number of carbonyl (C=O) groups is 1. The first kappa shape index (κ1) is 15.7. The van der Waals surface area contributed by atoms with E-state index in [-0.39, 0.29) is 11.8 Å². The maximum Gasteiger partial charge on any atom is 0.224 e. The van der Waals surface area contributed by atoms with E-state index >= 15 is 0 Å². The smallest absolute Gasteiger partial charge is 0.224 e. The van der Waals surface area contributed by atoms with Crippen LogP contribution in [0.1, 0.15) is 18.6 Å². The van der Waals surface area contributed by atoms with Gasteiger partial charge < -0.3 is 19.6 Å². The van der Waals surface area contributed by atoms with Gasteiger partial charge in [-0.25, -0.2) is 4.98 Å². The fourth-order valence-corrected chi connectivity index (χ4v) is 3.38. The van der Waals surface area contributed by atoms with Crippen molar-refractivity contribution in [3.05, 3.63) is 48.4 Å². The lowest BCUT2D eigenvalue weighted by molar-refractivity contribution is -0.125. The van der Waals surface area contributed by atoms with Crippen LogP contribution in [-0.2, 0) is 11.2 Å². The van der Waals surface area contributed by atoms with E-state index in [0.717, 1.165) is 48.5 Å². The fraction of sp³-hybridized carbons (Fsp3) is 0.368. The normalized spacial score (nSPS) is 17.8. The van der Waals surface area contributed by atoms with Crippen LogP contribution in [0.15, 0.2) is 47.1 Å². The maximum absolute atomic E-state index is 12.5. The van der Waals surface area contributed by atoms with Crippen molar-refractivity contribution in [1.29, 1.82) is 0 Å². The van der Waals surface area contributed by atoms with Crippen LogP contribution in [0.3, 0.4) is 0 Å². The number of H-pyrrole nitrogens is 1. The van der Waals surface area contributed by atoms with Gasteiger partial charge in [-0.2, -0.15) is 0 Å². The second-order valence-corrected chi connectivity index (χ2v) is 6.48. The zero-order valence-corrected chi connectivity index (χ0v) is 14.1. The van der Waals surface area contributed by atoms with E-state index in [9.17, 15) is 4.79 Å². The largest absolute Gasteiger partial charge is 0.469 e. The van der Waals surface area contributed by atoms with Crippen molar-refractivity contribution in [2.24, 2.45) is 5.92 Å². The molecule has 0 bridgehead atoms. The fourth-order valence-electron chi connectivity index (χ4n) is 3.38. The lowest BCUT2D eigenvalue weighted by atomic mass is 9.97. The molecule has 0 unspecified atom stereocenters. The van der Waals surface area contributed by atoms with Gasteiger partial charge in [0.05, 0.1) is 23.2 Å². The maximum atomic E-state index is 12.5. The lowest BCUT2D eigenvalue weighted by Gasteiger charge is -2.31. The van der Waals surface area contributed by atoms with Gasteiger partial charge in [-0.05, 0) is 37.1 Å². The number of hydrogen-bond donors (Lipinski definition) is 2. The van der Waals surface area contributed by atoms with E-state index < -0.39 is 0 Å². The number of hydrogen-bond acceptors (Lipinski definition) is 4. The number of fused-ring (bicyclic) bond motifs is 1. The van der Waals surface area contributed by atoms with Crippen molar-refractivity contribution in [3.63, 3.8) is 0 Å². The van der Waals surface area contributed by atoms with Crippen molar-refractivity contribution >= 4 is 22.9 Å². The molecule has 6 heteroatoms. The van der Waals surface area contributed by atoms with E-state index in [4.69, 9.17) is 4.42 Å². The highest BCUT2D eigenvalue weighted by atomic mass is 16.3. The number of anilines is 1. The second-order valence-electron chi connectivity index (χ2n) is 6.48. The Morgan fingerprint density at radius 2 is 2.24 bits per heavy atom. The number of rotatable bonds is 5. The van der Waals surface area contributed by atoms with Gasteiger partial charge in [-0.1, -0.05) is 12.1 Å². The number of aromatic amines is 1. The molecule has 1 aliphatic heterocycles. The first-order valence-corrected chi connectivity index (χ1v) is 8.79. The van der Waals surface area contributed by atoms with Gasteiger partial charge in [0.25, 0.3) is 0 Å². The van der Waals surface area contributed by atoms with Crippen LogP contribution in [0.25, 0.3) is 11.0 Å². The highest BCUT2D eigenvalue weighted by Crippen LogP contribution is 2.23. The Morgan fingerprint density at radius 3 is 3.08 bits per heavy atom. The number of para-hydroxylation sites is 2. The average Bonchev–Trinajstić information content (AvgIpc) is 3.31. The Bertz CT molecular complexity index is 807. The number of piperidine rings is 1. The highest BCUT2D eigenvalue weighted by Gasteiger charge is 2.27. The number of benzene rings is 1. The van der Waals surface area contributed by atoms with Crippen LogP contribution in [0.2, 0.25) is 0 Å². The van der Waals surface area contributed by atoms with Gasteiger partial charge in [-0.3, -0.25) is 4.79 Å². The molecule has 0 spiro atoms. The van der Waals surface area contributed by atoms with Crippen LogP contribution in [0.5, 0.6) is 0 Å². The number of aromatic nitrogens is 2. The molecule has 0 saturated carbocycles. The third kappa shape index (κ3) is 3.52. The van der Waals surface area contributed by atoms with Crippen molar-refractivity contribution in [2.45, 2.75) is 19.3 Å². The Hall–Kier alpha value is -2.76. The second kappa shape index (κ2) is 7.01. The Balaban J connectivity index is 1.36. The van der Waals surface area contributed by atoms with E-state index in [1.807, 2.05) is 36.4 Å². The number of amides is 1. The van der Waals surface area contributed by atoms with Crippen molar-refractivity contribution < 1.29 is 9.21 Å². The van der Waals surface area contributed by atoms with Crippen LogP contribution in [0, 0.1) is 5.92 Å². The minimum Gasteiger partial charge on any atom is -0.469 e. The Morgan fingerprint density at radius 1 is 1.32 bits per heavy atom. The SMILES string of the molecule is O=C(NCCc1ccco1)[C@@H]1CCCN(c2nc3ccccc3[nH]2)C1. The summed E-state index contributed by atoms with van der Waals surface area (Å²) in [7, 11) is 0. The van der Waals surface area contributed by atoms with Gasteiger partial charge in [0.1, 0.15) is 5.76 Å². The van der Waals surface area contributed by atoms with E-state index in [0.29, 0.717) is 13.1 Å². The molecule has 2 aromatic heterocycles. The molecule has 3 heterocycles. The zero-order chi connectivity index (χ0) is 17.1. The molecule has 2 N–H and O–H groups in total. The monoisotopic (exact) mass is 338 g/mol. The molecule has 1 fully saturated rings. The summed E-state index contributed by atoms with van der Waals surface area (Å²) in [4.78, 5) is 22.7. The molecule has 1 aromatic carbocycles. The molecule has 1 saturated heterocycles. The molecule has 25 heavy (non-hydrogen) atoms. The summed E-state index contributed by atoms with van der Waals surface area (Å²) in [6.07, 6.45) is 4.29. The van der Waals surface area contributed by atoms with Gasteiger partial charge in [-0.15, -0.1) is 0 Å². The number of carbonyl (C=O) groups excluding carboxylic acids is 1. The summed E-state index contributed by atoms with van der Waals surface area (Å²) in [6, 6.07) is 11.8. The third-order valence-corrected chi connectivity index (χ3v) is 4.72. The number of nitrogens with zero attached hydrogens (tertiary/aromatic N) is 2. The average molecular weight is 338 g/mol. The van der Waals surface area contributed by atoms with Gasteiger partial charge in [0.15, 0.2) is 0 Å². The van der Waals surface area contributed by atoms with Crippen LogP contribution < -0.4 is 10.2 Å². The van der Waals surface area contributed by atoms with E-state index in [1.54, 1.807) is 6.26 Å². The molecule has 3 aromatic rings. The van der Waals surface area contributed by atoms with Gasteiger partial charge >= 0.3 is 0 Å². The molecule has 6 nitrogen and oxygen atoms in total. The number of imidazole rings is 1. The minimum absolute atomic E-state index is 0.00133. The summed E-state index contributed by atoms with van der Waals surface area (Å²) in [5.41, 5.74) is 1.99. The molecule has 1 aliphatic rings. The lowest BCUT2D eigenvalue weighted by Crippen LogP contribution is -2.43. The van der Waals surface area contributed by atoms with Crippen molar-refractivity contribution in [3.8, 4) is 0 Å². The van der Waals surface area contributed by atoms with E-state index in [1.165, 1.54) is 0 Å². The standard InChI is InChI=1S/C19H22N4O2/c24-18(20-10-9-15-6-4-12-25-15)14-5-3-11-23(13-14)19-21-16-7-1-2-8-17(16)22-19/h1-2,4,6-8,12,14H,3,5,9-11,13H2,(H,20,24)(H,21,22)/t14-/m1/s1. The quantitative estimate of drug-likeness (QED) is 0.750.